The number of imidazole rings is 1. The predicted octanol–water partition coefficient (Wildman–Crippen LogP) is 1.06. The van der Waals surface area contributed by atoms with E-state index < -0.39 is 17.8 Å². The minimum absolute atomic E-state index is 0.0338. The second kappa shape index (κ2) is 5.81. The minimum Gasteiger partial charge on any atom is -0.300 e. The third-order valence-electron chi connectivity index (χ3n) is 2.86. The molecule has 0 aliphatic rings. The van der Waals surface area contributed by atoms with Crippen molar-refractivity contribution in [1.29, 1.82) is 0 Å². The fourth-order valence-electron chi connectivity index (χ4n) is 1.90. The molecule has 0 aromatic carbocycles. The highest BCUT2D eigenvalue weighted by atomic mass is 19.3. The van der Waals surface area contributed by atoms with Crippen molar-refractivity contribution in [3.05, 3.63) is 51.3 Å². The van der Waals surface area contributed by atoms with Crippen LogP contribution in [0, 0.1) is 0 Å². The molecular weight excluding hydrogens is 270 g/mol. The molecule has 0 atom stereocenters. The average molecular weight is 284 g/mol. The molecule has 0 fully saturated rings. The van der Waals surface area contributed by atoms with Crippen LogP contribution in [-0.2, 0) is 13.1 Å². The van der Waals surface area contributed by atoms with Crippen molar-refractivity contribution in [2.24, 2.45) is 0 Å². The van der Waals surface area contributed by atoms with Crippen molar-refractivity contribution >= 4 is 0 Å². The molecule has 0 bridgehead atoms. The summed E-state index contributed by atoms with van der Waals surface area (Å²) in [5.74, 6) is -0.0338. The molecule has 0 spiro atoms. The van der Waals surface area contributed by atoms with Crippen LogP contribution in [0.3, 0.4) is 0 Å². The Morgan fingerprint density at radius 2 is 2.05 bits per heavy atom. The van der Waals surface area contributed by atoms with Crippen molar-refractivity contribution in [2.75, 3.05) is 0 Å². The Kier molecular flexibility index (Phi) is 4.11. The van der Waals surface area contributed by atoms with Crippen LogP contribution in [-0.4, -0.2) is 18.7 Å². The quantitative estimate of drug-likeness (QED) is 0.824. The average Bonchev–Trinajstić information content (AvgIpc) is 2.86. The molecule has 0 aliphatic carbocycles. The monoisotopic (exact) mass is 284 g/mol. The fraction of sp³-hybridized carbons (Fsp3) is 0.417. The van der Waals surface area contributed by atoms with Gasteiger partial charge in [0.15, 0.2) is 0 Å². The summed E-state index contributed by atoms with van der Waals surface area (Å²) in [6.07, 6.45) is 4.45. The summed E-state index contributed by atoms with van der Waals surface area (Å²) in [4.78, 5) is 27.6. The first-order valence-electron chi connectivity index (χ1n) is 6.14. The molecule has 0 N–H and O–H groups in total. The van der Waals surface area contributed by atoms with Crippen molar-refractivity contribution in [3.63, 3.8) is 0 Å². The maximum atomic E-state index is 12.7. The molecular formula is C12H14F2N4O2. The summed E-state index contributed by atoms with van der Waals surface area (Å²) in [6.45, 7) is -0.683. The van der Waals surface area contributed by atoms with Gasteiger partial charge in [-0.3, -0.25) is 13.9 Å². The zero-order chi connectivity index (χ0) is 14.7. The topological polar surface area (TPSA) is 61.8 Å². The van der Waals surface area contributed by atoms with E-state index in [1.54, 1.807) is 0 Å². The van der Waals surface area contributed by atoms with Gasteiger partial charge in [0.1, 0.15) is 5.82 Å². The highest BCUT2D eigenvalue weighted by molar-refractivity contribution is 4.96. The van der Waals surface area contributed by atoms with Crippen LogP contribution in [0.25, 0.3) is 0 Å². The first kappa shape index (κ1) is 14.2. The SMILES string of the molecule is CCCn1ccc(=O)n(Cc2nccn2C(F)F)c1=O. The molecule has 2 aromatic heterocycles. The van der Waals surface area contributed by atoms with Crippen LogP contribution in [0.2, 0.25) is 0 Å². The number of halogens is 2. The lowest BCUT2D eigenvalue weighted by Crippen LogP contribution is -2.39. The van der Waals surface area contributed by atoms with Crippen molar-refractivity contribution in [2.45, 2.75) is 33.0 Å². The second-order valence-electron chi connectivity index (χ2n) is 4.24. The maximum Gasteiger partial charge on any atom is 0.331 e. The zero-order valence-electron chi connectivity index (χ0n) is 10.9. The predicted molar refractivity (Wildman–Crippen MR) is 67.8 cm³/mol. The molecule has 0 unspecified atom stereocenters. The molecule has 0 radical (unpaired) electrons. The van der Waals surface area contributed by atoms with Gasteiger partial charge in [0.05, 0.1) is 6.54 Å². The van der Waals surface area contributed by atoms with Crippen molar-refractivity contribution in [3.8, 4) is 0 Å². The number of nitrogens with zero attached hydrogens (tertiary/aromatic N) is 4. The van der Waals surface area contributed by atoms with Crippen LogP contribution in [0.4, 0.5) is 8.78 Å². The van der Waals surface area contributed by atoms with Gasteiger partial charge in [-0.15, -0.1) is 0 Å². The van der Waals surface area contributed by atoms with Crippen molar-refractivity contribution < 1.29 is 8.78 Å². The van der Waals surface area contributed by atoms with E-state index in [1.807, 2.05) is 6.92 Å². The molecule has 20 heavy (non-hydrogen) atoms. The van der Waals surface area contributed by atoms with Gasteiger partial charge in [0, 0.05) is 31.2 Å². The minimum atomic E-state index is -2.76. The normalized spacial score (nSPS) is 11.2. The Morgan fingerprint density at radius 3 is 2.70 bits per heavy atom. The van der Waals surface area contributed by atoms with Gasteiger partial charge in [-0.05, 0) is 6.42 Å². The lowest BCUT2D eigenvalue weighted by molar-refractivity contribution is 0.0666. The summed E-state index contributed by atoms with van der Waals surface area (Å²) in [5.41, 5.74) is -1.06. The Morgan fingerprint density at radius 1 is 1.30 bits per heavy atom. The van der Waals surface area contributed by atoms with E-state index in [9.17, 15) is 18.4 Å². The van der Waals surface area contributed by atoms with Crippen LogP contribution in [0.15, 0.2) is 34.2 Å². The summed E-state index contributed by atoms with van der Waals surface area (Å²) < 4.78 is 28.3. The first-order chi connectivity index (χ1) is 9.54. The Labute approximate surface area is 112 Å². The standard InChI is InChI=1S/C12H14F2N4O2/c1-2-5-16-6-3-10(19)18(12(16)20)8-9-15-4-7-17(9)11(13)14/h3-4,6-7,11H,2,5,8H2,1H3. The lowest BCUT2D eigenvalue weighted by Gasteiger charge is -2.10. The van der Waals surface area contributed by atoms with Gasteiger partial charge < -0.3 is 4.57 Å². The number of hydrogen-bond donors (Lipinski definition) is 0. The third kappa shape index (κ3) is 2.68. The van der Waals surface area contributed by atoms with Gasteiger partial charge in [-0.1, -0.05) is 6.92 Å². The molecule has 2 aromatic rings. The Bertz CT molecular complexity index is 702. The summed E-state index contributed by atoms with van der Waals surface area (Å²) in [6, 6.07) is 1.24. The summed E-state index contributed by atoms with van der Waals surface area (Å²) in [7, 11) is 0. The van der Waals surface area contributed by atoms with Gasteiger partial charge in [0.2, 0.25) is 0 Å². The molecule has 0 saturated heterocycles. The van der Waals surface area contributed by atoms with E-state index >= 15 is 0 Å². The van der Waals surface area contributed by atoms with Gasteiger partial charge >= 0.3 is 12.2 Å². The van der Waals surface area contributed by atoms with E-state index in [4.69, 9.17) is 0 Å². The van der Waals surface area contributed by atoms with E-state index in [0.717, 1.165) is 17.2 Å². The molecule has 0 aliphatic heterocycles. The summed E-state index contributed by atoms with van der Waals surface area (Å²) >= 11 is 0. The van der Waals surface area contributed by atoms with Gasteiger partial charge in [-0.25, -0.2) is 9.78 Å². The number of aryl methyl sites for hydroxylation is 1. The Hall–Kier alpha value is -2.25. The zero-order valence-corrected chi connectivity index (χ0v) is 10.9. The van der Waals surface area contributed by atoms with Crippen LogP contribution < -0.4 is 11.2 Å². The van der Waals surface area contributed by atoms with Crippen molar-refractivity contribution in [1.82, 2.24) is 18.7 Å². The van der Waals surface area contributed by atoms with Crippen LogP contribution in [0.5, 0.6) is 0 Å². The highest BCUT2D eigenvalue weighted by Gasteiger charge is 2.14. The van der Waals surface area contributed by atoms with Gasteiger partial charge in [0.25, 0.3) is 5.56 Å². The molecule has 2 rings (SSSR count). The molecule has 8 heteroatoms. The van der Waals surface area contributed by atoms with Crippen LogP contribution in [0.1, 0.15) is 25.7 Å². The van der Waals surface area contributed by atoms with E-state index in [2.05, 4.69) is 4.98 Å². The number of aromatic nitrogens is 4. The number of hydrogen-bond acceptors (Lipinski definition) is 3. The van der Waals surface area contributed by atoms with Crippen LogP contribution >= 0.6 is 0 Å². The molecule has 6 nitrogen and oxygen atoms in total. The molecule has 0 saturated carbocycles. The largest absolute Gasteiger partial charge is 0.331 e. The first-order valence-corrected chi connectivity index (χ1v) is 6.14. The lowest BCUT2D eigenvalue weighted by atomic mass is 10.4. The van der Waals surface area contributed by atoms with E-state index in [1.165, 1.54) is 23.0 Å². The number of alkyl halides is 2. The Balaban J connectivity index is 2.43. The fourth-order valence-corrected chi connectivity index (χ4v) is 1.90. The molecule has 0 amide bonds. The second-order valence-corrected chi connectivity index (χ2v) is 4.24. The molecule has 2 heterocycles. The summed E-state index contributed by atoms with van der Waals surface area (Å²) in [5, 5.41) is 0. The van der Waals surface area contributed by atoms with E-state index in [0.29, 0.717) is 11.1 Å². The third-order valence-corrected chi connectivity index (χ3v) is 2.86. The number of rotatable bonds is 5. The maximum absolute atomic E-state index is 12.7. The smallest absolute Gasteiger partial charge is 0.300 e. The molecule has 108 valence electrons. The van der Waals surface area contributed by atoms with Gasteiger partial charge in [-0.2, -0.15) is 8.78 Å². The van der Waals surface area contributed by atoms with E-state index in [-0.39, 0.29) is 12.4 Å². The highest BCUT2D eigenvalue weighted by Crippen LogP contribution is 2.12.